The first-order chi connectivity index (χ1) is 12.9. The Morgan fingerprint density at radius 2 is 1.59 bits per heavy atom. The van der Waals surface area contributed by atoms with Crippen molar-refractivity contribution in [2.45, 2.75) is 117 Å². The molecule has 2 rings (SSSR count). The molecule has 0 bridgehead atoms. The van der Waals surface area contributed by atoms with Crippen LogP contribution in [0.5, 0.6) is 0 Å². The molecule has 2 unspecified atom stereocenters. The van der Waals surface area contributed by atoms with Gasteiger partial charge in [-0.3, -0.25) is 15.1 Å². The van der Waals surface area contributed by atoms with Gasteiger partial charge in [0.1, 0.15) is 12.8 Å². The lowest BCUT2D eigenvalue weighted by Crippen LogP contribution is -2.65. The van der Waals surface area contributed by atoms with Gasteiger partial charge in [0.2, 0.25) is 0 Å². The van der Waals surface area contributed by atoms with Crippen molar-refractivity contribution in [1.82, 2.24) is 15.1 Å². The van der Waals surface area contributed by atoms with Gasteiger partial charge in [0.15, 0.2) is 5.67 Å². The molecule has 0 spiro atoms. The van der Waals surface area contributed by atoms with E-state index < -0.39 is 24.2 Å². The zero-order chi connectivity index (χ0) is 22.6. The van der Waals surface area contributed by atoms with E-state index in [1.165, 1.54) is 0 Å². The van der Waals surface area contributed by atoms with Gasteiger partial charge in [-0.25, -0.2) is 13.2 Å². The molecule has 0 aliphatic carbocycles. The van der Waals surface area contributed by atoms with Crippen LogP contribution in [-0.2, 0) is 0 Å². The molecule has 5 atom stereocenters. The molecule has 0 aromatic heterocycles. The molecule has 2 heterocycles. The summed E-state index contributed by atoms with van der Waals surface area (Å²) >= 11 is 0. The Bertz CT molecular complexity index is 567. The standard InChI is InChI=1S/C23H44F3N3/c1-15(2)28-12-16(25)18(19(28)21(6,7)8)27-22(9,10)29-14-23(26,13-24)11-17(29)20(3,4)5/h15-19,27H,11-14H2,1-10H3/t16-,17?,18+,19?,23-/m0/s1. The molecule has 3 nitrogen and oxygen atoms in total. The molecule has 0 aromatic carbocycles. The van der Waals surface area contributed by atoms with Gasteiger partial charge in [0.05, 0.1) is 11.7 Å². The van der Waals surface area contributed by atoms with E-state index >= 15 is 8.78 Å². The van der Waals surface area contributed by atoms with E-state index in [-0.39, 0.29) is 48.0 Å². The number of likely N-dealkylation sites (tertiary alicyclic amines) is 2. The molecule has 0 aromatic rings. The highest BCUT2D eigenvalue weighted by Crippen LogP contribution is 2.44. The number of nitrogens with zero attached hydrogens (tertiary/aromatic N) is 2. The lowest BCUT2D eigenvalue weighted by Gasteiger charge is -2.48. The van der Waals surface area contributed by atoms with Gasteiger partial charge in [-0.2, -0.15) is 0 Å². The van der Waals surface area contributed by atoms with Crippen molar-refractivity contribution >= 4 is 0 Å². The molecule has 2 saturated heterocycles. The predicted molar refractivity (Wildman–Crippen MR) is 115 cm³/mol. The summed E-state index contributed by atoms with van der Waals surface area (Å²) in [7, 11) is 0. The van der Waals surface area contributed by atoms with E-state index in [4.69, 9.17) is 0 Å². The minimum absolute atomic E-state index is 0.0174. The third kappa shape index (κ3) is 5.12. The van der Waals surface area contributed by atoms with Crippen LogP contribution in [0.4, 0.5) is 13.2 Å². The topological polar surface area (TPSA) is 18.5 Å². The Morgan fingerprint density at radius 3 is 2.00 bits per heavy atom. The fraction of sp³-hybridized carbons (Fsp3) is 1.00. The summed E-state index contributed by atoms with van der Waals surface area (Å²) in [5, 5.41) is 3.57. The molecular weight excluding hydrogens is 375 g/mol. The Hall–Kier alpha value is -0.330. The van der Waals surface area contributed by atoms with E-state index in [0.717, 1.165) is 0 Å². The van der Waals surface area contributed by atoms with Crippen LogP contribution in [0.1, 0.15) is 75.7 Å². The maximum absolute atomic E-state index is 15.3. The number of nitrogens with one attached hydrogen (secondary N) is 1. The van der Waals surface area contributed by atoms with Crippen molar-refractivity contribution < 1.29 is 13.2 Å². The quantitative estimate of drug-likeness (QED) is 0.680. The van der Waals surface area contributed by atoms with Crippen LogP contribution in [0.15, 0.2) is 0 Å². The zero-order valence-electron chi connectivity index (χ0n) is 20.2. The lowest BCUT2D eigenvalue weighted by molar-refractivity contribution is -0.00439. The van der Waals surface area contributed by atoms with Crippen molar-refractivity contribution in [3.8, 4) is 0 Å². The van der Waals surface area contributed by atoms with Gasteiger partial charge in [0.25, 0.3) is 0 Å². The van der Waals surface area contributed by atoms with Crippen LogP contribution in [-0.4, -0.2) is 71.2 Å². The third-order valence-corrected chi connectivity index (χ3v) is 6.89. The normalized spacial score (nSPS) is 35.8. The number of alkyl halides is 3. The summed E-state index contributed by atoms with van der Waals surface area (Å²) in [5.41, 5.74) is -2.82. The number of hydrogen-bond donors (Lipinski definition) is 1. The zero-order valence-corrected chi connectivity index (χ0v) is 20.2. The maximum atomic E-state index is 15.3. The molecule has 172 valence electrons. The van der Waals surface area contributed by atoms with Crippen molar-refractivity contribution in [2.75, 3.05) is 19.8 Å². The average Bonchev–Trinajstić information content (AvgIpc) is 3.06. The molecule has 1 N–H and O–H groups in total. The van der Waals surface area contributed by atoms with Crippen molar-refractivity contribution in [1.29, 1.82) is 0 Å². The number of hydrogen-bond acceptors (Lipinski definition) is 3. The van der Waals surface area contributed by atoms with Crippen molar-refractivity contribution in [2.24, 2.45) is 10.8 Å². The molecule has 6 heteroatoms. The van der Waals surface area contributed by atoms with Crippen LogP contribution in [0.2, 0.25) is 0 Å². The van der Waals surface area contributed by atoms with Crippen molar-refractivity contribution in [3.63, 3.8) is 0 Å². The van der Waals surface area contributed by atoms with Gasteiger partial charge in [-0.15, -0.1) is 0 Å². The lowest BCUT2D eigenvalue weighted by atomic mass is 9.81. The monoisotopic (exact) mass is 419 g/mol. The largest absolute Gasteiger partial charge is 0.293 e. The SMILES string of the molecule is CC(C)N1C[C@H](F)[C@@H](NC(C)(C)N2C[C@@](F)(CF)CC2C(C)(C)C)C1C(C)(C)C. The van der Waals surface area contributed by atoms with Gasteiger partial charge in [-0.1, -0.05) is 41.5 Å². The van der Waals surface area contributed by atoms with E-state index in [1.807, 2.05) is 18.7 Å². The Labute approximate surface area is 176 Å². The van der Waals surface area contributed by atoms with Crippen LogP contribution in [0.25, 0.3) is 0 Å². The average molecular weight is 420 g/mol. The summed E-state index contributed by atoms with van der Waals surface area (Å²) in [6, 6.07) is -0.234. The van der Waals surface area contributed by atoms with Crippen LogP contribution in [0.3, 0.4) is 0 Å². The fourth-order valence-corrected chi connectivity index (χ4v) is 5.46. The number of rotatable bonds is 5. The molecule has 29 heavy (non-hydrogen) atoms. The van der Waals surface area contributed by atoms with Crippen LogP contribution in [0, 0.1) is 10.8 Å². The fourth-order valence-electron chi connectivity index (χ4n) is 5.46. The Balaban J connectivity index is 2.34. The van der Waals surface area contributed by atoms with Gasteiger partial charge in [-0.05, 0) is 38.5 Å². The third-order valence-electron chi connectivity index (χ3n) is 6.89. The number of halogens is 3. The van der Waals surface area contributed by atoms with Crippen molar-refractivity contribution in [3.05, 3.63) is 0 Å². The molecule has 2 aliphatic rings. The second kappa shape index (κ2) is 7.98. The van der Waals surface area contributed by atoms with Crippen LogP contribution >= 0.6 is 0 Å². The van der Waals surface area contributed by atoms with Gasteiger partial charge >= 0.3 is 0 Å². The molecular formula is C23H44F3N3. The predicted octanol–water partition coefficient (Wildman–Crippen LogP) is 4.96. The smallest absolute Gasteiger partial charge is 0.153 e. The van der Waals surface area contributed by atoms with E-state index in [2.05, 4.69) is 65.6 Å². The summed E-state index contributed by atoms with van der Waals surface area (Å²) in [6.07, 6.45) is -0.837. The molecule has 2 aliphatic heterocycles. The van der Waals surface area contributed by atoms with Gasteiger partial charge < -0.3 is 0 Å². The maximum Gasteiger partial charge on any atom is 0.153 e. The second-order valence-electron chi connectivity index (χ2n) is 12.3. The minimum atomic E-state index is -1.84. The minimum Gasteiger partial charge on any atom is -0.293 e. The highest BCUT2D eigenvalue weighted by atomic mass is 19.2. The van der Waals surface area contributed by atoms with Gasteiger partial charge in [0, 0.05) is 37.6 Å². The molecule has 2 fully saturated rings. The van der Waals surface area contributed by atoms with Crippen LogP contribution < -0.4 is 5.32 Å². The summed E-state index contributed by atoms with van der Waals surface area (Å²) in [5.74, 6) is 0. The Morgan fingerprint density at radius 1 is 1.03 bits per heavy atom. The first-order valence-corrected chi connectivity index (χ1v) is 11.1. The first-order valence-electron chi connectivity index (χ1n) is 11.1. The molecule has 0 amide bonds. The summed E-state index contributed by atoms with van der Waals surface area (Å²) in [6.45, 7) is 20.3. The Kier molecular flexibility index (Phi) is 6.86. The molecule has 0 radical (unpaired) electrons. The van der Waals surface area contributed by atoms with E-state index in [0.29, 0.717) is 6.54 Å². The molecule has 0 saturated carbocycles. The highest BCUT2D eigenvalue weighted by molar-refractivity contribution is 5.09. The summed E-state index contributed by atoms with van der Waals surface area (Å²) < 4.78 is 43.9. The van der Waals surface area contributed by atoms with E-state index in [9.17, 15) is 4.39 Å². The highest BCUT2D eigenvalue weighted by Gasteiger charge is 2.55. The van der Waals surface area contributed by atoms with E-state index in [1.54, 1.807) is 0 Å². The summed E-state index contributed by atoms with van der Waals surface area (Å²) in [4.78, 5) is 4.28. The first kappa shape index (κ1) is 24.9. The second-order valence-corrected chi connectivity index (χ2v) is 12.3.